The maximum atomic E-state index is 8.66. The molecular weight excluding hydrogens is 402 g/mol. The van der Waals surface area contributed by atoms with Crippen molar-refractivity contribution in [2.24, 2.45) is 11.8 Å². The Labute approximate surface area is 203 Å². The molecule has 0 aliphatic heterocycles. The molecule has 2 aliphatic rings. The van der Waals surface area contributed by atoms with Gasteiger partial charge in [-0.3, -0.25) is 0 Å². The molecule has 33 heavy (non-hydrogen) atoms. The minimum absolute atomic E-state index is 0.134. The average molecular weight is 448 g/mol. The number of hydrogen-bond donors (Lipinski definition) is 0. The molecule has 3 rings (SSSR count). The lowest BCUT2D eigenvalue weighted by Crippen LogP contribution is -2.36. The number of rotatable bonds is 11. The van der Waals surface area contributed by atoms with Crippen LogP contribution in [0.3, 0.4) is 0 Å². The van der Waals surface area contributed by atoms with Gasteiger partial charge in [-0.2, -0.15) is 5.26 Å². The Morgan fingerprint density at radius 3 is 2.21 bits per heavy atom. The first-order valence-corrected chi connectivity index (χ1v) is 13.6. The Bertz CT molecular complexity index is 768. The Kier molecular flexibility index (Phi) is 10.7. The highest BCUT2D eigenvalue weighted by Gasteiger charge is 2.37. The second kappa shape index (κ2) is 13.8. The third-order valence-corrected chi connectivity index (χ3v) is 8.42. The van der Waals surface area contributed by atoms with Crippen LogP contribution in [0.4, 0.5) is 0 Å². The number of hydrogen-bond acceptors (Lipinski definition) is 2. The van der Waals surface area contributed by atoms with E-state index in [0.29, 0.717) is 0 Å². The molecule has 0 saturated heterocycles. The lowest BCUT2D eigenvalue weighted by atomic mass is 9.67. The van der Waals surface area contributed by atoms with Crippen LogP contribution >= 0.6 is 0 Å². The smallest absolute Gasteiger partial charge is 0.0912 e. The number of ether oxygens (including phenoxy) is 1. The molecule has 180 valence electrons. The molecular formula is C31H45NO. The summed E-state index contributed by atoms with van der Waals surface area (Å²) >= 11 is 0. The van der Waals surface area contributed by atoms with Crippen molar-refractivity contribution >= 4 is 0 Å². The van der Waals surface area contributed by atoms with Gasteiger partial charge in [-0.05, 0) is 93.1 Å². The predicted octanol–water partition coefficient (Wildman–Crippen LogP) is 8.68. The van der Waals surface area contributed by atoms with Gasteiger partial charge in [0.05, 0.1) is 11.7 Å². The van der Waals surface area contributed by atoms with E-state index in [1.54, 1.807) is 5.56 Å². The van der Waals surface area contributed by atoms with E-state index in [0.717, 1.165) is 30.6 Å². The van der Waals surface area contributed by atoms with E-state index in [1.165, 1.54) is 88.7 Å². The Morgan fingerprint density at radius 1 is 0.909 bits per heavy atom. The second-order valence-corrected chi connectivity index (χ2v) is 10.5. The number of benzene rings is 1. The van der Waals surface area contributed by atoms with E-state index < -0.39 is 0 Å². The predicted molar refractivity (Wildman–Crippen MR) is 139 cm³/mol. The second-order valence-electron chi connectivity index (χ2n) is 10.5. The zero-order valence-corrected chi connectivity index (χ0v) is 21.1. The van der Waals surface area contributed by atoms with Crippen molar-refractivity contribution in [1.82, 2.24) is 0 Å². The van der Waals surface area contributed by atoms with Crippen molar-refractivity contribution in [2.45, 2.75) is 108 Å². The van der Waals surface area contributed by atoms with Gasteiger partial charge in [0.1, 0.15) is 0 Å². The maximum absolute atomic E-state index is 8.66. The summed E-state index contributed by atoms with van der Waals surface area (Å²) in [6.07, 6.45) is 25.7. The molecule has 0 spiro atoms. The van der Waals surface area contributed by atoms with Gasteiger partial charge in [0.2, 0.25) is 0 Å². The third kappa shape index (κ3) is 7.86. The number of nitriles is 1. The highest BCUT2D eigenvalue weighted by Crippen LogP contribution is 2.45. The highest BCUT2D eigenvalue weighted by atomic mass is 16.5. The van der Waals surface area contributed by atoms with Crippen molar-refractivity contribution in [2.75, 3.05) is 7.11 Å². The molecule has 0 aromatic heterocycles. The molecule has 2 aliphatic carbocycles. The molecule has 0 atom stereocenters. The molecule has 2 fully saturated rings. The molecule has 0 heterocycles. The molecule has 0 N–H and O–H groups in total. The van der Waals surface area contributed by atoms with Crippen LogP contribution in [0.2, 0.25) is 0 Å². The lowest BCUT2D eigenvalue weighted by molar-refractivity contribution is -0.0193. The van der Waals surface area contributed by atoms with Crippen LogP contribution in [-0.4, -0.2) is 12.7 Å². The zero-order valence-electron chi connectivity index (χ0n) is 21.1. The first kappa shape index (κ1) is 25.8. The first-order chi connectivity index (χ1) is 16.2. The summed E-state index contributed by atoms with van der Waals surface area (Å²) in [5.41, 5.74) is 2.95. The number of unbranched alkanes of at least 4 members (excludes halogenated alkanes) is 4. The minimum atomic E-state index is -0.134. The van der Waals surface area contributed by atoms with Crippen molar-refractivity contribution in [3.05, 3.63) is 59.7 Å². The fourth-order valence-electron chi connectivity index (χ4n) is 6.18. The van der Waals surface area contributed by atoms with E-state index in [-0.39, 0.29) is 5.60 Å². The van der Waals surface area contributed by atoms with E-state index in [1.807, 2.05) is 25.3 Å². The SMILES string of the molecule is CCCCCCCc1ccc(C2CCC(C3CCC(C=CC=CC#N)(OC)CC3)CC2)cc1. The summed E-state index contributed by atoms with van der Waals surface area (Å²) in [6, 6.07) is 11.7. The van der Waals surface area contributed by atoms with Crippen LogP contribution in [0.15, 0.2) is 48.6 Å². The minimum Gasteiger partial charge on any atom is -0.374 e. The fraction of sp³-hybridized carbons (Fsp3) is 0.645. The van der Waals surface area contributed by atoms with Gasteiger partial charge in [0.15, 0.2) is 0 Å². The summed E-state index contributed by atoms with van der Waals surface area (Å²) in [7, 11) is 1.83. The number of allylic oxidation sites excluding steroid dienone is 3. The van der Waals surface area contributed by atoms with Gasteiger partial charge in [0.25, 0.3) is 0 Å². The molecule has 2 heteroatoms. The number of methoxy groups -OCH3 is 1. The first-order valence-electron chi connectivity index (χ1n) is 13.6. The van der Waals surface area contributed by atoms with Gasteiger partial charge in [-0.25, -0.2) is 0 Å². The van der Waals surface area contributed by atoms with Gasteiger partial charge in [-0.15, -0.1) is 0 Å². The van der Waals surface area contributed by atoms with Crippen molar-refractivity contribution in [3.8, 4) is 6.07 Å². The van der Waals surface area contributed by atoms with Crippen molar-refractivity contribution in [1.29, 1.82) is 5.26 Å². The maximum Gasteiger partial charge on any atom is 0.0912 e. The number of aryl methyl sites for hydroxylation is 1. The van der Waals surface area contributed by atoms with Gasteiger partial charge in [0, 0.05) is 13.2 Å². The molecule has 1 aromatic rings. The average Bonchev–Trinajstić information content (AvgIpc) is 2.87. The van der Waals surface area contributed by atoms with Crippen LogP contribution in [0.1, 0.15) is 107 Å². The normalized spacial score (nSPS) is 28.3. The molecule has 2 nitrogen and oxygen atoms in total. The van der Waals surface area contributed by atoms with Crippen LogP contribution < -0.4 is 0 Å². The summed E-state index contributed by atoms with van der Waals surface area (Å²) in [5.74, 6) is 2.50. The van der Waals surface area contributed by atoms with Crippen LogP contribution in [0.25, 0.3) is 0 Å². The molecule has 2 saturated carbocycles. The van der Waals surface area contributed by atoms with Gasteiger partial charge in [-0.1, -0.05) is 75.1 Å². The van der Waals surface area contributed by atoms with Gasteiger partial charge >= 0.3 is 0 Å². The van der Waals surface area contributed by atoms with Crippen molar-refractivity contribution < 1.29 is 4.74 Å². The molecule has 0 unspecified atom stereocenters. The molecule has 0 amide bonds. The van der Waals surface area contributed by atoms with E-state index in [9.17, 15) is 0 Å². The largest absolute Gasteiger partial charge is 0.374 e. The van der Waals surface area contributed by atoms with Crippen LogP contribution in [-0.2, 0) is 11.2 Å². The van der Waals surface area contributed by atoms with E-state index in [2.05, 4.69) is 37.3 Å². The Morgan fingerprint density at radius 2 is 1.58 bits per heavy atom. The monoisotopic (exact) mass is 447 g/mol. The topological polar surface area (TPSA) is 33.0 Å². The lowest BCUT2D eigenvalue weighted by Gasteiger charge is -2.42. The molecule has 0 bridgehead atoms. The summed E-state index contributed by atoms with van der Waals surface area (Å²) in [5, 5.41) is 8.66. The van der Waals surface area contributed by atoms with Crippen LogP contribution in [0, 0.1) is 23.2 Å². The molecule has 1 aromatic carbocycles. The summed E-state index contributed by atoms with van der Waals surface area (Å²) < 4.78 is 5.92. The number of nitrogens with zero attached hydrogens (tertiary/aromatic N) is 1. The zero-order chi connectivity index (χ0) is 23.4. The summed E-state index contributed by atoms with van der Waals surface area (Å²) in [6.45, 7) is 2.28. The van der Waals surface area contributed by atoms with Crippen molar-refractivity contribution in [3.63, 3.8) is 0 Å². The van der Waals surface area contributed by atoms with E-state index in [4.69, 9.17) is 10.00 Å². The fourth-order valence-corrected chi connectivity index (χ4v) is 6.18. The molecule has 0 radical (unpaired) electrons. The van der Waals surface area contributed by atoms with Crippen LogP contribution in [0.5, 0.6) is 0 Å². The summed E-state index contributed by atoms with van der Waals surface area (Å²) in [4.78, 5) is 0. The Balaban J connectivity index is 1.41. The van der Waals surface area contributed by atoms with Gasteiger partial charge < -0.3 is 4.74 Å². The standard InChI is InChI=1S/C31H45NO/c1-3-4-5-6-8-11-26-12-14-27(15-13-26)28-16-18-29(19-17-28)30-20-23-31(33-2,24-21-30)22-9-7-10-25-32/h7,9-10,12-15,22,28-30H,3-6,8,11,16-21,23-24H2,1-2H3. The quantitative estimate of drug-likeness (QED) is 0.193. The highest BCUT2D eigenvalue weighted by molar-refractivity contribution is 5.26. The van der Waals surface area contributed by atoms with E-state index >= 15 is 0 Å². The Hall–Kier alpha value is -1.85. The third-order valence-electron chi connectivity index (χ3n) is 8.42.